The molecule has 2 rings (SSSR count). The van der Waals surface area contributed by atoms with Crippen molar-refractivity contribution in [2.45, 2.75) is 13.3 Å². The van der Waals surface area contributed by atoms with Gasteiger partial charge in [0.25, 0.3) is 5.91 Å². The normalized spacial score (nSPS) is 11.5. The smallest absolute Gasteiger partial charge is 0.337 e. The van der Waals surface area contributed by atoms with Crippen LogP contribution in [0.15, 0.2) is 51.7 Å². The van der Waals surface area contributed by atoms with Crippen molar-refractivity contribution >= 4 is 47.1 Å². The lowest BCUT2D eigenvalue weighted by Gasteiger charge is -2.15. The van der Waals surface area contributed by atoms with Gasteiger partial charge < -0.3 is 25.0 Å². The van der Waals surface area contributed by atoms with Crippen LogP contribution >= 0.6 is 11.6 Å². The maximum Gasteiger partial charge on any atom is 0.337 e. The van der Waals surface area contributed by atoms with E-state index in [1.807, 2.05) is 0 Å². The highest BCUT2D eigenvalue weighted by molar-refractivity contribution is 6.47. The van der Waals surface area contributed by atoms with E-state index in [1.165, 1.54) is 50.7 Å². The number of hydrogen-bond acceptors (Lipinski definition) is 8. The molecule has 0 radical (unpaired) electrons. The first-order chi connectivity index (χ1) is 17.6. The number of nitrogens with zero attached hydrogens (tertiary/aromatic N) is 3. The molecule has 1 amide bonds. The Kier molecular flexibility index (Phi) is 10.5. The monoisotopic (exact) mass is 529 g/mol. The zero-order chi connectivity index (χ0) is 27.5. The number of amides is 1. The number of carboxylic acid groups (broad SMARTS) is 2. The summed E-state index contributed by atoms with van der Waals surface area (Å²) in [6.45, 7) is 1.72. The van der Waals surface area contributed by atoms with Crippen LogP contribution < -0.4 is 14.8 Å². The summed E-state index contributed by atoms with van der Waals surface area (Å²) in [5.74, 6) is -2.50. The van der Waals surface area contributed by atoms with E-state index < -0.39 is 17.8 Å². The first-order valence-electron chi connectivity index (χ1n) is 10.6. The lowest BCUT2D eigenvalue weighted by atomic mass is 10.1. The molecule has 0 fully saturated rings. The van der Waals surface area contributed by atoms with Crippen molar-refractivity contribution in [3.8, 4) is 11.5 Å². The Morgan fingerprint density at radius 1 is 1.11 bits per heavy atom. The topological polar surface area (TPSA) is 183 Å². The van der Waals surface area contributed by atoms with Crippen LogP contribution in [0.3, 0.4) is 0 Å². The average Bonchev–Trinajstić information content (AvgIpc) is 2.85. The van der Waals surface area contributed by atoms with Gasteiger partial charge >= 0.3 is 11.9 Å². The number of nitrogens with one attached hydrogen (secondary N) is 2. The van der Waals surface area contributed by atoms with E-state index in [9.17, 15) is 24.6 Å². The van der Waals surface area contributed by atoms with Crippen LogP contribution in [0.1, 0.15) is 31.8 Å². The van der Waals surface area contributed by atoms with E-state index >= 15 is 0 Å². The van der Waals surface area contributed by atoms with Crippen LogP contribution in [0, 0.1) is 12.5 Å². The Balaban J connectivity index is 2.26. The molecule has 0 bridgehead atoms. The number of halogens is 1. The van der Waals surface area contributed by atoms with Crippen molar-refractivity contribution in [3.63, 3.8) is 0 Å². The van der Waals surface area contributed by atoms with Gasteiger partial charge in [-0.15, -0.1) is 5.10 Å². The van der Waals surface area contributed by atoms with Gasteiger partial charge in [-0.05, 0) is 54.5 Å². The third-order valence-corrected chi connectivity index (χ3v) is 5.33. The van der Waals surface area contributed by atoms with Crippen molar-refractivity contribution < 1.29 is 34.1 Å². The quantitative estimate of drug-likeness (QED) is 0.180. The second kappa shape index (κ2) is 13.5. The third kappa shape index (κ3) is 7.70. The van der Waals surface area contributed by atoms with Gasteiger partial charge in [0, 0.05) is 18.5 Å². The van der Waals surface area contributed by atoms with Crippen molar-refractivity contribution in [2.24, 2.45) is 15.3 Å². The van der Waals surface area contributed by atoms with E-state index in [0.717, 1.165) is 0 Å². The summed E-state index contributed by atoms with van der Waals surface area (Å²) < 4.78 is 11.0. The number of carboxylic acids is 2. The fraction of sp³-hybridized carbons (Fsp3) is 0.208. The molecule has 0 saturated carbocycles. The van der Waals surface area contributed by atoms with Gasteiger partial charge in [0.1, 0.15) is 5.71 Å². The third-order valence-electron chi connectivity index (χ3n) is 4.97. The standard InChI is InChI=1S/C24H24ClN5O7/c1-13-9-21(20(36-3)12-15(13)23(32)33)37-8-6-14-10-19(16(24(34)35)11-17(14)25)29-22(31)18(27-2)5-4-7-28-30-26/h4-5,7,9-12,26H,6,8H2,1-3H3,(H,29,31)(H,32,33)(H,34,35)/b5-4-,27-18+,28-7+,30-26?. The van der Waals surface area contributed by atoms with Crippen LogP contribution in [-0.2, 0) is 11.2 Å². The summed E-state index contributed by atoms with van der Waals surface area (Å²) in [5.41, 5.74) is 7.41. The summed E-state index contributed by atoms with van der Waals surface area (Å²) in [5, 5.41) is 27.7. The first-order valence-corrected chi connectivity index (χ1v) is 11.0. The second-order valence-corrected chi connectivity index (χ2v) is 7.71. The van der Waals surface area contributed by atoms with E-state index in [4.69, 9.17) is 26.6 Å². The molecule has 12 nitrogen and oxygen atoms in total. The molecule has 2 aromatic rings. The molecule has 13 heteroatoms. The molecule has 194 valence electrons. The number of aryl methyl sites for hydroxylation is 1. The van der Waals surface area contributed by atoms with Crippen LogP contribution in [0.5, 0.6) is 11.5 Å². The van der Waals surface area contributed by atoms with Gasteiger partial charge in [0.05, 0.1) is 36.7 Å². The van der Waals surface area contributed by atoms with Gasteiger partial charge in [-0.1, -0.05) is 16.8 Å². The lowest BCUT2D eigenvalue weighted by Crippen LogP contribution is -2.23. The maximum absolute atomic E-state index is 12.7. The number of ether oxygens (including phenoxy) is 2. The number of rotatable bonds is 12. The summed E-state index contributed by atoms with van der Waals surface area (Å²) in [6.07, 6.45) is 4.08. The number of methoxy groups -OCH3 is 1. The van der Waals surface area contributed by atoms with Gasteiger partial charge in [-0.25, -0.2) is 9.59 Å². The van der Waals surface area contributed by atoms with E-state index in [0.29, 0.717) is 16.9 Å². The Hall–Kier alpha value is -4.58. The number of carbonyl (C=O) groups is 3. The minimum Gasteiger partial charge on any atom is -0.493 e. The number of carbonyl (C=O) groups excluding carboxylic acids is 1. The van der Waals surface area contributed by atoms with Crippen molar-refractivity contribution in [2.75, 3.05) is 26.1 Å². The molecular weight excluding hydrogens is 506 g/mol. The average molecular weight is 530 g/mol. The molecule has 4 N–H and O–H groups in total. The minimum absolute atomic E-state index is 0.000474. The highest BCUT2D eigenvalue weighted by Gasteiger charge is 2.19. The van der Waals surface area contributed by atoms with Crippen LogP contribution in [0.4, 0.5) is 5.69 Å². The highest BCUT2D eigenvalue weighted by Crippen LogP contribution is 2.31. The number of allylic oxidation sites excluding steroid dienone is 1. The van der Waals surface area contributed by atoms with Crippen molar-refractivity contribution in [3.05, 3.63) is 63.7 Å². The molecule has 37 heavy (non-hydrogen) atoms. The summed E-state index contributed by atoms with van der Waals surface area (Å²) in [4.78, 5) is 39.6. The van der Waals surface area contributed by atoms with E-state index in [-0.39, 0.29) is 46.3 Å². The highest BCUT2D eigenvalue weighted by atomic mass is 35.5. The molecule has 0 aliphatic rings. The zero-order valence-corrected chi connectivity index (χ0v) is 20.9. The van der Waals surface area contributed by atoms with Gasteiger partial charge in [0.2, 0.25) is 0 Å². The summed E-state index contributed by atoms with van der Waals surface area (Å²) in [7, 11) is 2.77. The van der Waals surface area contributed by atoms with E-state index in [1.54, 1.807) is 13.0 Å². The number of benzene rings is 2. The second-order valence-electron chi connectivity index (χ2n) is 7.30. The predicted octanol–water partition coefficient (Wildman–Crippen LogP) is 4.26. The molecule has 0 atom stereocenters. The largest absolute Gasteiger partial charge is 0.493 e. The van der Waals surface area contributed by atoms with Crippen molar-refractivity contribution in [1.82, 2.24) is 0 Å². The summed E-state index contributed by atoms with van der Waals surface area (Å²) >= 11 is 6.30. The molecule has 0 spiro atoms. The zero-order valence-electron chi connectivity index (χ0n) is 20.1. The number of aliphatic imine (C=N–C) groups is 1. The lowest BCUT2D eigenvalue weighted by molar-refractivity contribution is -0.110. The molecule has 2 aromatic carbocycles. The maximum atomic E-state index is 12.7. The number of anilines is 1. The molecule has 0 aromatic heterocycles. The Morgan fingerprint density at radius 2 is 1.81 bits per heavy atom. The molecule has 0 aliphatic carbocycles. The van der Waals surface area contributed by atoms with Gasteiger partial charge in [-0.2, -0.15) is 5.53 Å². The van der Waals surface area contributed by atoms with Gasteiger partial charge in [-0.3, -0.25) is 9.79 Å². The Bertz CT molecular complexity index is 1300. The van der Waals surface area contributed by atoms with Crippen LogP contribution in [0.2, 0.25) is 5.02 Å². The van der Waals surface area contributed by atoms with Gasteiger partial charge in [0.15, 0.2) is 11.5 Å². The fourth-order valence-electron chi connectivity index (χ4n) is 3.17. The minimum atomic E-state index is -1.30. The molecular formula is C24H24ClN5O7. The van der Waals surface area contributed by atoms with Crippen LogP contribution in [0.25, 0.3) is 0 Å². The van der Waals surface area contributed by atoms with Crippen molar-refractivity contribution in [1.29, 1.82) is 5.53 Å². The molecule has 0 unspecified atom stereocenters. The predicted molar refractivity (Wildman–Crippen MR) is 137 cm³/mol. The molecule has 0 saturated heterocycles. The van der Waals surface area contributed by atoms with E-state index in [2.05, 4.69) is 20.6 Å². The molecule has 0 heterocycles. The Morgan fingerprint density at radius 3 is 2.41 bits per heavy atom. The fourth-order valence-corrected chi connectivity index (χ4v) is 3.43. The summed E-state index contributed by atoms with van der Waals surface area (Å²) in [6, 6.07) is 5.57. The molecule has 0 aliphatic heterocycles. The Labute approximate surface area is 216 Å². The van der Waals surface area contributed by atoms with Crippen LogP contribution in [-0.4, -0.2) is 60.7 Å². The SMILES string of the molecule is C\N=C(/C=C\C=N\N=N)C(=O)Nc1cc(CCOc2cc(C)c(C(=O)O)cc2OC)c(Cl)cc1C(=O)O. The number of hydrogen-bond donors (Lipinski definition) is 4. The first kappa shape index (κ1) is 28.7. The number of aromatic carboxylic acids is 2.